The number of hydrogen-bond donors (Lipinski definition) is 1. The number of nitrogens with one attached hydrogen (secondary N) is 1. The molecule has 148 valence electrons. The molecule has 2 atom stereocenters. The van der Waals surface area contributed by atoms with Crippen molar-refractivity contribution in [1.82, 2.24) is 10.3 Å². The van der Waals surface area contributed by atoms with Gasteiger partial charge in [-0.1, -0.05) is 24.6 Å². The molecule has 2 heterocycles. The minimum Gasteiger partial charge on any atom is -0.489 e. The number of carbonyl (C=O) groups excluding carboxylic acids is 1. The van der Waals surface area contributed by atoms with E-state index in [9.17, 15) is 4.79 Å². The molecule has 5 heteroatoms. The van der Waals surface area contributed by atoms with Gasteiger partial charge in [0.25, 0.3) is 0 Å². The molecule has 1 aromatic heterocycles. The fourth-order valence-corrected chi connectivity index (χ4v) is 4.00. The summed E-state index contributed by atoms with van der Waals surface area (Å²) >= 11 is 0. The second-order valence-corrected chi connectivity index (χ2v) is 8.01. The number of hydrogen-bond acceptors (Lipinski definition) is 4. The second-order valence-electron chi connectivity index (χ2n) is 8.01. The monoisotopic (exact) mass is 379 g/mol. The molecule has 1 unspecified atom stereocenters. The van der Waals surface area contributed by atoms with Crippen molar-refractivity contribution in [2.24, 2.45) is 0 Å². The van der Waals surface area contributed by atoms with E-state index in [1.807, 2.05) is 31.2 Å². The zero-order valence-corrected chi connectivity index (χ0v) is 16.7. The standard InChI is InChI=1S/C23H29N3O2/c1-16(24-17(2)27)18-9-11-20(12-10-18)28-21-13-14-26(15-21)23-8-4-7-22(25-23)19-5-3-6-19/h4,7-12,16,19,21H,3,5-6,13-15H2,1-2H3,(H,24,27)/t16-,21?/m0/s1. The third-order valence-electron chi connectivity index (χ3n) is 5.85. The molecule has 1 aromatic carbocycles. The van der Waals surface area contributed by atoms with Gasteiger partial charge in [-0.25, -0.2) is 4.98 Å². The number of pyridine rings is 1. The van der Waals surface area contributed by atoms with Gasteiger partial charge in [0.2, 0.25) is 5.91 Å². The van der Waals surface area contributed by atoms with E-state index >= 15 is 0 Å². The Balaban J connectivity index is 1.34. The summed E-state index contributed by atoms with van der Waals surface area (Å²) in [5.74, 6) is 2.60. The predicted molar refractivity (Wildman–Crippen MR) is 111 cm³/mol. The van der Waals surface area contributed by atoms with Crippen LogP contribution in [0.5, 0.6) is 5.75 Å². The summed E-state index contributed by atoms with van der Waals surface area (Å²) in [6, 6.07) is 14.4. The number of carbonyl (C=O) groups is 1. The lowest BCUT2D eigenvalue weighted by Gasteiger charge is -2.26. The highest BCUT2D eigenvalue weighted by atomic mass is 16.5. The fourth-order valence-electron chi connectivity index (χ4n) is 4.00. The molecule has 2 aliphatic rings. The number of ether oxygens (including phenoxy) is 1. The molecule has 0 bridgehead atoms. The Morgan fingerprint density at radius 1 is 1.18 bits per heavy atom. The average molecular weight is 380 g/mol. The van der Waals surface area contributed by atoms with Gasteiger partial charge in [0, 0.05) is 31.5 Å². The van der Waals surface area contributed by atoms with Crippen molar-refractivity contribution < 1.29 is 9.53 Å². The highest BCUT2D eigenvalue weighted by Gasteiger charge is 2.26. The van der Waals surface area contributed by atoms with Crippen molar-refractivity contribution in [3.05, 3.63) is 53.7 Å². The molecule has 2 aromatic rings. The Labute approximate surface area is 167 Å². The molecule has 4 rings (SSSR count). The van der Waals surface area contributed by atoms with Crippen molar-refractivity contribution >= 4 is 11.7 Å². The quantitative estimate of drug-likeness (QED) is 0.817. The van der Waals surface area contributed by atoms with Crippen molar-refractivity contribution in [1.29, 1.82) is 0 Å². The summed E-state index contributed by atoms with van der Waals surface area (Å²) in [6.07, 6.45) is 5.06. The number of rotatable bonds is 6. The van der Waals surface area contributed by atoms with E-state index in [4.69, 9.17) is 9.72 Å². The van der Waals surface area contributed by atoms with Crippen LogP contribution in [0.4, 0.5) is 5.82 Å². The molecule has 0 radical (unpaired) electrons. The van der Waals surface area contributed by atoms with E-state index in [0.717, 1.165) is 36.6 Å². The first-order valence-electron chi connectivity index (χ1n) is 10.3. The van der Waals surface area contributed by atoms with Gasteiger partial charge in [0.05, 0.1) is 12.6 Å². The van der Waals surface area contributed by atoms with Gasteiger partial charge in [-0.3, -0.25) is 4.79 Å². The van der Waals surface area contributed by atoms with E-state index in [0.29, 0.717) is 5.92 Å². The molecule has 28 heavy (non-hydrogen) atoms. The van der Waals surface area contributed by atoms with Crippen LogP contribution in [0.15, 0.2) is 42.5 Å². The summed E-state index contributed by atoms with van der Waals surface area (Å²) in [5, 5.41) is 2.90. The number of amides is 1. The van der Waals surface area contributed by atoms with Crippen molar-refractivity contribution in [3.8, 4) is 5.75 Å². The normalized spacial score (nSPS) is 20.5. The van der Waals surface area contributed by atoms with E-state index in [1.54, 1.807) is 0 Å². The minimum atomic E-state index is -0.0196. The van der Waals surface area contributed by atoms with E-state index in [2.05, 4.69) is 28.4 Å². The van der Waals surface area contributed by atoms with Crippen molar-refractivity contribution in [3.63, 3.8) is 0 Å². The van der Waals surface area contributed by atoms with Crippen LogP contribution < -0.4 is 15.0 Å². The third kappa shape index (κ3) is 4.29. The number of benzene rings is 1. The SMILES string of the molecule is CC(=O)N[C@@H](C)c1ccc(OC2CCN(c3cccc(C4CCC4)n3)C2)cc1. The Morgan fingerprint density at radius 3 is 2.64 bits per heavy atom. The molecule has 5 nitrogen and oxygen atoms in total. The number of nitrogens with zero attached hydrogens (tertiary/aromatic N) is 2. The Bertz CT molecular complexity index is 817. The van der Waals surface area contributed by atoms with E-state index < -0.39 is 0 Å². The van der Waals surface area contributed by atoms with E-state index in [1.165, 1.54) is 31.9 Å². The zero-order valence-electron chi connectivity index (χ0n) is 16.7. The van der Waals surface area contributed by atoms with E-state index in [-0.39, 0.29) is 18.1 Å². The summed E-state index contributed by atoms with van der Waals surface area (Å²) in [6.45, 7) is 5.36. The molecule has 1 N–H and O–H groups in total. The molecule has 1 saturated heterocycles. The van der Waals surface area contributed by atoms with Gasteiger partial charge >= 0.3 is 0 Å². The smallest absolute Gasteiger partial charge is 0.217 e. The van der Waals surface area contributed by atoms with Gasteiger partial charge < -0.3 is 15.0 Å². The molecule has 1 saturated carbocycles. The topological polar surface area (TPSA) is 54.5 Å². The minimum absolute atomic E-state index is 0.00235. The van der Waals surface area contributed by atoms with Gasteiger partial charge in [-0.05, 0) is 49.6 Å². The van der Waals surface area contributed by atoms with Gasteiger partial charge in [0.15, 0.2) is 0 Å². The largest absolute Gasteiger partial charge is 0.489 e. The first kappa shape index (κ1) is 18.8. The third-order valence-corrected chi connectivity index (χ3v) is 5.85. The van der Waals surface area contributed by atoms with Crippen LogP contribution >= 0.6 is 0 Å². The Kier molecular flexibility index (Phi) is 5.51. The summed E-state index contributed by atoms with van der Waals surface area (Å²) in [4.78, 5) is 18.4. The highest BCUT2D eigenvalue weighted by molar-refractivity contribution is 5.73. The van der Waals surface area contributed by atoms with Crippen LogP contribution in [-0.2, 0) is 4.79 Å². The van der Waals surface area contributed by atoms with Crippen LogP contribution in [0.2, 0.25) is 0 Å². The molecule has 1 aliphatic carbocycles. The number of aromatic nitrogens is 1. The molecule has 0 spiro atoms. The zero-order chi connectivity index (χ0) is 19.5. The lowest BCUT2D eigenvalue weighted by molar-refractivity contribution is -0.119. The Morgan fingerprint density at radius 2 is 1.96 bits per heavy atom. The lowest BCUT2D eigenvalue weighted by Crippen LogP contribution is -2.26. The highest BCUT2D eigenvalue weighted by Crippen LogP contribution is 2.36. The van der Waals surface area contributed by atoms with Gasteiger partial charge in [-0.15, -0.1) is 0 Å². The first-order chi connectivity index (χ1) is 13.6. The maximum absolute atomic E-state index is 11.2. The summed E-state index contributed by atoms with van der Waals surface area (Å²) in [5.41, 5.74) is 2.32. The Hall–Kier alpha value is -2.56. The van der Waals surface area contributed by atoms with Crippen LogP contribution in [0.25, 0.3) is 0 Å². The summed E-state index contributed by atoms with van der Waals surface area (Å²) in [7, 11) is 0. The van der Waals surface area contributed by atoms with Crippen LogP contribution in [-0.4, -0.2) is 30.1 Å². The first-order valence-corrected chi connectivity index (χ1v) is 10.3. The average Bonchev–Trinajstić information content (AvgIpc) is 3.09. The lowest BCUT2D eigenvalue weighted by atomic mass is 9.83. The molecular weight excluding hydrogens is 350 g/mol. The van der Waals surface area contributed by atoms with Crippen molar-refractivity contribution in [2.75, 3.05) is 18.0 Å². The fraction of sp³-hybridized carbons (Fsp3) is 0.478. The summed E-state index contributed by atoms with van der Waals surface area (Å²) < 4.78 is 6.20. The predicted octanol–water partition coefficient (Wildman–Crippen LogP) is 4.20. The van der Waals surface area contributed by atoms with Crippen LogP contribution in [0, 0.1) is 0 Å². The molecule has 1 amide bonds. The van der Waals surface area contributed by atoms with Gasteiger partial charge in [0.1, 0.15) is 17.7 Å². The maximum Gasteiger partial charge on any atom is 0.217 e. The molecule has 1 aliphatic heterocycles. The van der Waals surface area contributed by atoms with Crippen LogP contribution in [0.1, 0.15) is 62.7 Å². The van der Waals surface area contributed by atoms with Gasteiger partial charge in [-0.2, -0.15) is 0 Å². The maximum atomic E-state index is 11.2. The second kappa shape index (κ2) is 8.21. The molecule has 2 fully saturated rings. The van der Waals surface area contributed by atoms with Crippen molar-refractivity contribution in [2.45, 2.75) is 57.6 Å². The van der Waals surface area contributed by atoms with Crippen LogP contribution in [0.3, 0.4) is 0 Å². The number of anilines is 1. The molecular formula is C23H29N3O2.